The number of carbonyl (C=O) groups excluding carboxylic acids is 1. The van der Waals surface area contributed by atoms with Crippen LogP contribution in [0.25, 0.3) is 0 Å². The Morgan fingerprint density at radius 3 is 2.57 bits per heavy atom. The first kappa shape index (κ1) is 15.7. The van der Waals surface area contributed by atoms with E-state index in [0.717, 1.165) is 19.5 Å². The molecule has 1 aromatic heterocycles. The van der Waals surface area contributed by atoms with E-state index in [9.17, 15) is 9.59 Å². The molecule has 2 rings (SSSR count). The second-order valence-electron chi connectivity index (χ2n) is 5.14. The standard InChI is InChI=1S/C14H22N4O3/c1-2-5-18-13(20)4-3-12(15-18)14(21)17-8-6-16(7-9-17)10-11-19/h3-4,19H,2,5-11H2,1H3. The molecule has 21 heavy (non-hydrogen) atoms. The Kier molecular flexibility index (Phi) is 5.46. The normalized spacial score (nSPS) is 16.2. The predicted molar refractivity (Wildman–Crippen MR) is 78.2 cm³/mol. The summed E-state index contributed by atoms with van der Waals surface area (Å²) in [5.41, 5.74) is 0.139. The first-order chi connectivity index (χ1) is 10.2. The van der Waals surface area contributed by atoms with Crippen molar-refractivity contribution in [3.63, 3.8) is 0 Å². The molecule has 1 amide bonds. The summed E-state index contributed by atoms with van der Waals surface area (Å²) >= 11 is 0. The van der Waals surface area contributed by atoms with Gasteiger partial charge in [-0.15, -0.1) is 0 Å². The number of hydrogen-bond donors (Lipinski definition) is 1. The number of piperazine rings is 1. The molecule has 1 aliphatic rings. The Morgan fingerprint density at radius 1 is 1.24 bits per heavy atom. The van der Waals surface area contributed by atoms with Crippen molar-refractivity contribution in [2.75, 3.05) is 39.3 Å². The topological polar surface area (TPSA) is 78.7 Å². The highest BCUT2D eigenvalue weighted by atomic mass is 16.3. The van der Waals surface area contributed by atoms with Crippen molar-refractivity contribution in [2.24, 2.45) is 0 Å². The Balaban J connectivity index is 2.04. The Hall–Kier alpha value is -1.73. The fraction of sp³-hybridized carbons (Fsp3) is 0.643. The lowest BCUT2D eigenvalue weighted by molar-refractivity contribution is 0.0606. The van der Waals surface area contributed by atoms with E-state index < -0.39 is 0 Å². The zero-order valence-electron chi connectivity index (χ0n) is 12.4. The smallest absolute Gasteiger partial charge is 0.274 e. The third-order valence-electron chi connectivity index (χ3n) is 3.60. The van der Waals surface area contributed by atoms with Gasteiger partial charge in [0.15, 0.2) is 0 Å². The van der Waals surface area contributed by atoms with Gasteiger partial charge in [-0.25, -0.2) is 4.68 Å². The summed E-state index contributed by atoms with van der Waals surface area (Å²) in [4.78, 5) is 27.9. The molecule has 0 atom stereocenters. The van der Waals surface area contributed by atoms with E-state index in [1.807, 2.05) is 6.92 Å². The van der Waals surface area contributed by atoms with Crippen LogP contribution in [0.5, 0.6) is 0 Å². The molecule has 1 saturated heterocycles. The summed E-state index contributed by atoms with van der Waals surface area (Å²) in [5.74, 6) is -0.136. The monoisotopic (exact) mass is 294 g/mol. The van der Waals surface area contributed by atoms with Crippen molar-refractivity contribution in [3.05, 3.63) is 28.2 Å². The minimum absolute atomic E-state index is 0.136. The molecule has 116 valence electrons. The number of aromatic nitrogens is 2. The number of nitrogens with zero attached hydrogens (tertiary/aromatic N) is 4. The Bertz CT molecular complexity index is 535. The van der Waals surface area contributed by atoms with Crippen LogP contribution in [-0.2, 0) is 6.54 Å². The van der Waals surface area contributed by atoms with Gasteiger partial charge in [-0.1, -0.05) is 6.92 Å². The number of carbonyl (C=O) groups is 1. The van der Waals surface area contributed by atoms with Gasteiger partial charge in [-0.3, -0.25) is 14.5 Å². The van der Waals surface area contributed by atoms with Gasteiger partial charge in [-0.05, 0) is 12.5 Å². The fourth-order valence-electron chi connectivity index (χ4n) is 2.41. The van der Waals surface area contributed by atoms with Crippen LogP contribution in [0, 0.1) is 0 Å². The molecule has 0 unspecified atom stereocenters. The van der Waals surface area contributed by atoms with Crippen molar-refractivity contribution in [1.29, 1.82) is 0 Å². The second-order valence-corrected chi connectivity index (χ2v) is 5.14. The molecule has 0 bridgehead atoms. The van der Waals surface area contributed by atoms with Crippen molar-refractivity contribution in [1.82, 2.24) is 19.6 Å². The largest absolute Gasteiger partial charge is 0.395 e. The first-order valence-electron chi connectivity index (χ1n) is 7.36. The lowest BCUT2D eigenvalue weighted by Crippen LogP contribution is -2.49. The fourth-order valence-corrected chi connectivity index (χ4v) is 2.41. The molecule has 0 aliphatic carbocycles. The SMILES string of the molecule is CCCn1nc(C(=O)N2CCN(CCO)CC2)ccc1=O. The Morgan fingerprint density at radius 2 is 1.95 bits per heavy atom. The molecule has 0 spiro atoms. The molecule has 1 fully saturated rings. The van der Waals surface area contributed by atoms with E-state index in [4.69, 9.17) is 5.11 Å². The number of aliphatic hydroxyl groups is 1. The van der Waals surface area contributed by atoms with Crippen LogP contribution in [0.2, 0.25) is 0 Å². The van der Waals surface area contributed by atoms with E-state index in [1.54, 1.807) is 4.90 Å². The number of rotatable bonds is 5. The van der Waals surface area contributed by atoms with Gasteiger partial charge in [0.1, 0.15) is 5.69 Å². The van der Waals surface area contributed by atoms with Crippen LogP contribution in [0.15, 0.2) is 16.9 Å². The molecule has 0 radical (unpaired) electrons. The van der Waals surface area contributed by atoms with Gasteiger partial charge in [-0.2, -0.15) is 5.10 Å². The zero-order valence-corrected chi connectivity index (χ0v) is 12.4. The Labute approximate surface area is 123 Å². The first-order valence-corrected chi connectivity index (χ1v) is 7.36. The van der Waals surface area contributed by atoms with Gasteiger partial charge in [0.25, 0.3) is 11.5 Å². The number of aliphatic hydroxyl groups excluding tert-OH is 1. The molecular weight excluding hydrogens is 272 g/mol. The average molecular weight is 294 g/mol. The molecule has 7 nitrogen and oxygen atoms in total. The average Bonchev–Trinajstić information content (AvgIpc) is 2.50. The van der Waals surface area contributed by atoms with E-state index in [2.05, 4.69) is 10.00 Å². The van der Waals surface area contributed by atoms with Crippen LogP contribution in [0.4, 0.5) is 0 Å². The van der Waals surface area contributed by atoms with Gasteiger partial charge in [0, 0.05) is 45.3 Å². The molecule has 0 aromatic carbocycles. The van der Waals surface area contributed by atoms with Crippen LogP contribution in [0.3, 0.4) is 0 Å². The van der Waals surface area contributed by atoms with Gasteiger partial charge in [0.05, 0.1) is 6.61 Å². The van der Waals surface area contributed by atoms with Crippen LogP contribution < -0.4 is 5.56 Å². The van der Waals surface area contributed by atoms with E-state index in [-0.39, 0.29) is 18.1 Å². The van der Waals surface area contributed by atoms with Crippen LogP contribution in [-0.4, -0.2) is 69.9 Å². The molecule has 2 heterocycles. The third-order valence-corrected chi connectivity index (χ3v) is 3.60. The molecule has 1 aliphatic heterocycles. The second kappa shape index (κ2) is 7.33. The quantitative estimate of drug-likeness (QED) is 0.785. The van der Waals surface area contributed by atoms with Gasteiger partial charge >= 0.3 is 0 Å². The van der Waals surface area contributed by atoms with Crippen LogP contribution >= 0.6 is 0 Å². The zero-order chi connectivity index (χ0) is 15.2. The number of hydrogen-bond acceptors (Lipinski definition) is 5. The van der Waals surface area contributed by atoms with E-state index in [1.165, 1.54) is 16.8 Å². The summed E-state index contributed by atoms with van der Waals surface area (Å²) in [6.45, 7) is 6.00. The molecular formula is C14H22N4O3. The van der Waals surface area contributed by atoms with Crippen molar-refractivity contribution < 1.29 is 9.90 Å². The highest BCUT2D eigenvalue weighted by Gasteiger charge is 2.23. The molecule has 1 N–H and O–H groups in total. The van der Waals surface area contributed by atoms with E-state index >= 15 is 0 Å². The summed E-state index contributed by atoms with van der Waals surface area (Å²) in [6, 6.07) is 2.90. The maximum Gasteiger partial charge on any atom is 0.274 e. The number of amides is 1. The van der Waals surface area contributed by atoms with Gasteiger partial charge < -0.3 is 10.0 Å². The maximum absolute atomic E-state index is 12.4. The molecule has 0 saturated carbocycles. The minimum atomic E-state index is -0.179. The van der Waals surface area contributed by atoms with E-state index in [0.29, 0.717) is 31.9 Å². The predicted octanol–water partition coefficient (Wildman–Crippen LogP) is -0.597. The highest BCUT2D eigenvalue weighted by Crippen LogP contribution is 2.06. The number of aryl methyl sites for hydroxylation is 1. The lowest BCUT2D eigenvalue weighted by Gasteiger charge is -2.34. The summed E-state index contributed by atoms with van der Waals surface area (Å²) in [7, 11) is 0. The highest BCUT2D eigenvalue weighted by molar-refractivity contribution is 5.92. The van der Waals surface area contributed by atoms with Crippen molar-refractivity contribution in [3.8, 4) is 0 Å². The molecule has 1 aromatic rings. The van der Waals surface area contributed by atoms with Crippen molar-refractivity contribution >= 4 is 5.91 Å². The van der Waals surface area contributed by atoms with Crippen LogP contribution in [0.1, 0.15) is 23.8 Å². The van der Waals surface area contributed by atoms with Crippen molar-refractivity contribution in [2.45, 2.75) is 19.9 Å². The summed E-state index contributed by atoms with van der Waals surface area (Å²) in [5, 5.41) is 13.1. The summed E-state index contributed by atoms with van der Waals surface area (Å²) in [6.07, 6.45) is 0.796. The number of β-amino-alcohol motifs (C(OH)–C–C–N with tert-alkyl or cyclic N) is 1. The molecule has 7 heteroatoms. The maximum atomic E-state index is 12.4. The minimum Gasteiger partial charge on any atom is -0.395 e. The third kappa shape index (κ3) is 3.89. The van der Waals surface area contributed by atoms with Gasteiger partial charge in [0.2, 0.25) is 0 Å². The lowest BCUT2D eigenvalue weighted by atomic mass is 10.2. The summed E-state index contributed by atoms with van der Waals surface area (Å²) < 4.78 is 1.34.